The minimum atomic E-state index is -0.390. The largest absolute Gasteiger partial charge is 0.409 e. The topological polar surface area (TPSA) is 71.1 Å². The molecule has 1 aliphatic heterocycles. The molecule has 1 fully saturated rings. The molecule has 1 atom stereocenters. The normalized spacial score (nSPS) is 22.9. The highest BCUT2D eigenvalue weighted by atomic mass is 19.1. The number of hydrogen-bond donors (Lipinski definition) is 2. The maximum absolute atomic E-state index is 14.2. The number of hydrogen-bond acceptors (Lipinski definition) is 4. The number of anilines is 1. The van der Waals surface area contributed by atoms with Crippen LogP contribution in [-0.4, -0.2) is 35.8 Å². The van der Waals surface area contributed by atoms with Gasteiger partial charge in [-0.15, -0.1) is 0 Å². The van der Waals surface area contributed by atoms with Crippen molar-refractivity contribution in [3.63, 3.8) is 0 Å². The third-order valence-corrected chi connectivity index (χ3v) is 3.26. The number of morpholine rings is 1. The Bertz CT molecular complexity index is 531. The van der Waals surface area contributed by atoms with Gasteiger partial charge in [0.2, 0.25) is 0 Å². The number of oxime groups is 1. The van der Waals surface area contributed by atoms with E-state index in [9.17, 15) is 4.39 Å². The summed E-state index contributed by atoms with van der Waals surface area (Å²) in [7, 11) is 0. The highest BCUT2D eigenvalue weighted by molar-refractivity contribution is 5.97. The van der Waals surface area contributed by atoms with E-state index in [1.165, 1.54) is 6.07 Å². The third kappa shape index (κ3) is 3.01. The molecule has 1 aromatic rings. The van der Waals surface area contributed by atoms with E-state index < -0.39 is 0 Å². The molecule has 0 aliphatic carbocycles. The van der Waals surface area contributed by atoms with Crippen molar-refractivity contribution in [2.45, 2.75) is 32.5 Å². The van der Waals surface area contributed by atoms with E-state index in [0.717, 1.165) is 0 Å². The fourth-order valence-electron chi connectivity index (χ4n) is 2.62. The van der Waals surface area contributed by atoms with Crippen LogP contribution < -0.4 is 10.6 Å². The quantitative estimate of drug-likeness (QED) is 0.376. The highest BCUT2D eigenvalue weighted by Crippen LogP contribution is 2.28. The average molecular weight is 281 g/mol. The van der Waals surface area contributed by atoms with Gasteiger partial charge in [-0.3, -0.25) is 0 Å². The highest BCUT2D eigenvalue weighted by Gasteiger charge is 2.32. The molecule has 0 saturated carbocycles. The lowest BCUT2D eigenvalue weighted by molar-refractivity contribution is -0.0751. The summed E-state index contributed by atoms with van der Waals surface area (Å²) in [4.78, 5) is 1.96. The summed E-state index contributed by atoms with van der Waals surface area (Å²) in [5.74, 6) is -0.495. The Hall–Kier alpha value is -1.82. The number of benzene rings is 1. The summed E-state index contributed by atoms with van der Waals surface area (Å²) < 4.78 is 20.0. The van der Waals surface area contributed by atoms with Gasteiger partial charge in [0.05, 0.1) is 17.4 Å². The second kappa shape index (κ2) is 5.28. The fraction of sp³-hybridized carbons (Fsp3) is 0.500. The number of nitrogens with zero attached hydrogens (tertiary/aromatic N) is 2. The van der Waals surface area contributed by atoms with Crippen molar-refractivity contribution in [3.05, 3.63) is 29.6 Å². The minimum Gasteiger partial charge on any atom is -0.409 e. The summed E-state index contributed by atoms with van der Waals surface area (Å²) in [5, 5.41) is 11.5. The summed E-state index contributed by atoms with van der Waals surface area (Å²) in [5.41, 5.74) is 5.99. The number of nitrogens with two attached hydrogens (primary N) is 1. The van der Waals surface area contributed by atoms with E-state index in [4.69, 9.17) is 15.7 Å². The van der Waals surface area contributed by atoms with Gasteiger partial charge in [0, 0.05) is 18.7 Å². The van der Waals surface area contributed by atoms with Crippen molar-refractivity contribution in [3.8, 4) is 0 Å². The first-order valence-electron chi connectivity index (χ1n) is 6.52. The summed E-state index contributed by atoms with van der Waals surface area (Å²) >= 11 is 0. The second-order valence-corrected chi connectivity index (χ2v) is 5.72. The van der Waals surface area contributed by atoms with E-state index in [1.807, 2.05) is 25.7 Å². The van der Waals surface area contributed by atoms with Crippen LogP contribution in [0, 0.1) is 5.82 Å². The summed E-state index contributed by atoms with van der Waals surface area (Å²) in [6, 6.07) is 4.56. The van der Waals surface area contributed by atoms with Crippen LogP contribution in [0.4, 0.5) is 10.1 Å². The Kier molecular flexibility index (Phi) is 3.85. The Morgan fingerprint density at radius 3 is 2.80 bits per heavy atom. The molecule has 1 unspecified atom stereocenters. The molecule has 6 heteroatoms. The third-order valence-electron chi connectivity index (χ3n) is 3.26. The molecule has 0 amide bonds. The molecular weight excluding hydrogens is 261 g/mol. The van der Waals surface area contributed by atoms with Gasteiger partial charge >= 0.3 is 0 Å². The van der Waals surface area contributed by atoms with E-state index in [2.05, 4.69) is 5.16 Å². The smallest absolute Gasteiger partial charge is 0.170 e. The van der Waals surface area contributed by atoms with Crippen LogP contribution in [0.3, 0.4) is 0 Å². The Morgan fingerprint density at radius 1 is 1.55 bits per heavy atom. The standard InChI is InChI=1S/C14H20FN3O2/c1-9-7-18(8-14(2,3)20-9)12-5-4-10(6-11(12)15)13(16)17-19/h4-6,9,19H,7-8H2,1-3H3,(H2,16,17). The van der Waals surface area contributed by atoms with E-state index in [1.54, 1.807) is 12.1 Å². The zero-order valence-electron chi connectivity index (χ0n) is 11.9. The van der Waals surface area contributed by atoms with Crippen molar-refractivity contribution in [2.24, 2.45) is 10.9 Å². The van der Waals surface area contributed by atoms with Gasteiger partial charge in [0.15, 0.2) is 5.84 Å². The van der Waals surface area contributed by atoms with Gasteiger partial charge in [-0.2, -0.15) is 0 Å². The Morgan fingerprint density at radius 2 is 2.25 bits per heavy atom. The van der Waals surface area contributed by atoms with Crippen LogP contribution in [0.1, 0.15) is 26.3 Å². The lowest BCUT2D eigenvalue weighted by Gasteiger charge is -2.43. The van der Waals surface area contributed by atoms with E-state index in [0.29, 0.717) is 24.3 Å². The zero-order valence-corrected chi connectivity index (χ0v) is 11.9. The van der Waals surface area contributed by atoms with Crippen molar-refractivity contribution < 1.29 is 14.3 Å². The minimum absolute atomic E-state index is 0.0295. The first-order valence-corrected chi connectivity index (χ1v) is 6.52. The van der Waals surface area contributed by atoms with Crippen molar-refractivity contribution in [1.82, 2.24) is 0 Å². The van der Waals surface area contributed by atoms with Crippen LogP contribution in [0.25, 0.3) is 0 Å². The summed E-state index contributed by atoms with van der Waals surface area (Å²) in [6.07, 6.45) is 0.0295. The van der Waals surface area contributed by atoms with Crippen LogP contribution in [0.2, 0.25) is 0 Å². The summed E-state index contributed by atoms with van der Waals surface area (Å²) in [6.45, 7) is 7.17. The number of halogens is 1. The average Bonchev–Trinajstić information content (AvgIpc) is 2.35. The maximum Gasteiger partial charge on any atom is 0.170 e. The van der Waals surface area contributed by atoms with Crippen LogP contribution in [-0.2, 0) is 4.74 Å². The maximum atomic E-state index is 14.2. The lowest BCUT2D eigenvalue weighted by atomic mass is 10.0. The second-order valence-electron chi connectivity index (χ2n) is 5.72. The number of amidine groups is 1. The predicted molar refractivity (Wildman–Crippen MR) is 75.7 cm³/mol. The molecule has 2 rings (SSSR count). The van der Waals surface area contributed by atoms with Crippen molar-refractivity contribution in [2.75, 3.05) is 18.0 Å². The molecule has 1 saturated heterocycles. The molecule has 0 spiro atoms. The SMILES string of the molecule is CC1CN(c2ccc(C(N)=NO)cc2F)CC(C)(C)O1. The Balaban J connectivity index is 2.29. The van der Waals surface area contributed by atoms with Gasteiger partial charge < -0.3 is 20.6 Å². The van der Waals surface area contributed by atoms with Crippen molar-refractivity contribution in [1.29, 1.82) is 0 Å². The Labute approximate surface area is 117 Å². The van der Waals surface area contributed by atoms with Gasteiger partial charge in [-0.25, -0.2) is 4.39 Å². The monoisotopic (exact) mass is 281 g/mol. The van der Waals surface area contributed by atoms with Gasteiger partial charge in [0.1, 0.15) is 5.82 Å². The molecule has 20 heavy (non-hydrogen) atoms. The molecule has 110 valence electrons. The molecular formula is C14H20FN3O2. The first kappa shape index (κ1) is 14.6. The number of ether oxygens (including phenoxy) is 1. The molecule has 1 aromatic carbocycles. The predicted octanol–water partition coefficient (Wildman–Crippen LogP) is 1.92. The molecule has 0 radical (unpaired) electrons. The molecule has 3 N–H and O–H groups in total. The first-order chi connectivity index (χ1) is 9.32. The van der Waals surface area contributed by atoms with E-state index in [-0.39, 0.29) is 23.4 Å². The molecule has 5 nitrogen and oxygen atoms in total. The van der Waals surface area contributed by atoms with Gasteiger partial charge in [-0.05, 0) is 39.0 Å². The van der Waals surface area contributed by atoms with Gasteiger partial charge in [-0.1, -0.05) is 5.16 Å². The lowest BCUT2D eigenvalue weighted by Crippen LogP contribution is -2.52. The van der Waals surface area contributed by atoms with Crippen molar-refractivity contribution >= 4 is 11.5 Å². The molecule has 0 bridgehead atoms. The van der Waals surface area contributed by atoms with Gasteiger partial charge in [0.25, 0.3) is 0 Å². The molecule has 1 aliphatic rings. The van der Waals surface area contributed by atoms with E-state index >= 15 is 0 Å². The van der Waals surface area contributed by atoms with Crippen LogP contribution >= 0.6 is 0 Å². The fourth-order valence-corrected chi connectivity index (χ4v) is 2.62. The molecule has 1 heterocycles. The van der Waals surface area contributed by atoms with Crippen LogP contribution in [0.15, 0.2) is 23.4 Å². The number of rotatable bonds is 2. The molecule has 0 aromatic heterocycles. The van der Waals surface area contributed by atoms with Crippen LogP contribution in [0.5, 0.6) is 0 Å². The zero-order chi connectivity index (χ0) is 14.9.